The lowest BCUT2D eigenvalue weighted by molar-refractivity contribution is 0.0746. The molecule has 1 saturated heterocycles. The van der Waals surface area contributed by atoms with Crippen molar-refractivity contribution in [1.82, 2.24) is 14.9 Å². The molecule has 9 heteroatoms. The lowest BCUT2D eigenvalue weighted by atomic mass is 10.1. The van der Waals surface area contributed by atoms with E-state index in [1.165, 1.54) is 12.1 Å². The first-order valence-electron chi connectivity index (χ1n) is 11.7. The molecule has 2 heterocycles. The standard InChI is InChI=1S/C26H31N5O3S/c1-18(2)25-27-20(4)16-24(28-25)30-12-14-31(15-13-30)26(32)21-6-5-7-23(17-21)35(33,34)29-22-10-8-19(3)9-11-22/h5-11,16-18,29H,12-15H2,1-4H3. The van der Waals surface area contributed by atoms with E-state index < -0.39 is 10.0 Å². The van der Waals surface area contributed by atoms with Crippen molar-refractivity contribution in [1.29, 1.82) is 0 Å². The molecule has 1 aromatic heterocycles. The highest BCUT2D eigenvalue weighted by Crippen LogP contribution is 2.21. The number of carbonyl (C=O) groups excluding carboxylic acids is 1. The van der Waals surface area contributed by atoms with Crippen LogP contribution in [0.2, 0.25) is 0 Å². The maximum Gasteiger partial charge on any atom is 0.261 e. The molecule has 0 unspecified atom stereocenters. The zero-order valence-electron chi connectivity index (χ0n) is 20.5. The number of rotatable bonds is 6. The topological polar surface area (TPSA) is 95.5 Å². The first kappa shape index (κ1) is 24.7. The van der Waals surface area contributed by atoms with Gasteiger partial charge in [0.2, 0.25) is 0 Å². The van der Waals surface area contributed by atoms with Gasteiger partial charge in [0.15, 0.2) is 0 Å². The third-order valence-corrected chi connectivity index (χ3v) is 7.34. The minimum Gasteiger partial charge on any atom is -0.353 e. The third-order valence-electron chi connectivity index (χ3n) is 5.96. The Hall–Kier alpha value is -3.46. The minimum absolute atomic E-state index is 0.0558. The maximum atomic E-state index is 13.2. The van der Waals surface area contributed by atoms with E-state index in [0.29, 0.717) is 37.4 Å². The van der Waals surface area contributed by atoms with Crippen LogP contribution < -0.4 is 9.62 Å². The fourth-order valence-electron chi connectivity index (χ4n) is 3.95. The lowest BCUT2D eigenvalue weighted by Crippen LogP contribution is -2.49. The molecule has 0 atom stereocenters. The molecule has 0 bridgehead atoms. The number of sulfonamides is 1. The summed E-state index contributed by atoms with van der Waals surface area (Å²) < 4.78 is 28.3. The molecule has 0 saturated carbocycles. The summed E-state index contributed by atoms with van der Waals surface area (Å²) in [6, 6.07) is 15.3. The van der Waals surface area contributed by atoms with E-state index in [1.807, 2.05) is 32.0 Å². The molecule has 1 N–H and O–H groups in total. The first-order chi connectivity index (χ1) is 16.6. The summed E-state index contributed by atoms with van der Waals surface area (Å²) in [6.07, 6.45) is 0. The zero-order valence-corrected chi connectivity index (χ0v) is 21.3. The fourth-order valence-corrected chi connectivity index (χ4v) is 5.05. The summed E-state index contributed by atoms with van der Waals surface area (Å²) in [6.45, 7) is 10.4. The number of aromatic nitrogens is 2. The summed E-state index contributed by atoms with van der Waals surface area (Å²) in [4.78, 5) is 26.4. The van der Waals surface area contributed by atoms with Gasteiger partial charge in [-0.15, -0.1) is 0 Å². The average molecular weight is 494 g/mol. The van der Waals surface area contributed by atoms with Gasteiger partial charge in [0, 0.05) is 55.1 Å². The number of benzene rings is 2. The Balaban J connectivity index is 1.45. The Labute approximate surface area is 207 Å². The summed E-state index contributed by atoms with van der Waals surface area (Å²) >= 11 is 0. The number of carbonyl (C=O) groups is 1. The van der Waals surface area contributed by atoms with Gasteiger partial charge in [-0.05, 0) is 44.2 Å². The Morgan fingerprint density at radius 2 is 1.63 bits per heavy atom. The molecule has 0 spiro atoms. The van der Waals surface area contributed by atoms with Gasteiger partial charge in [-0.2, -0.15) is 0 Å². The molecule has 1 aliphatic heterocycles. The van der Waals surface area contributed by atoms with E-state index in [2.05, 4.69) is 28.5 Å². The Morgan fingerprint density at radius 1 is 0.943 bits per heavy atom. The van der Waals surface area contributed by atoms with Crippen molar-refractivity contribution in [2.45, 2.75) is 38.5 Å². The largest absolute Gasteiger partial charge is 0.353 e. The van der Waals surface area contributed by atoms with Crippen LogP contribution in [0.4, 0.5) is 11.5 Å². The van der Waals surface area contributed by atoms with E-state index in [9.17, 15) is 13.2 Å². The second-order valence-electron chi connectivity index (χ2n) is 9.16. The van der Waals surface area contributed by atoms with Crippen molar-refractivity contribution in [3.05, 3.63) is 77.2 Å². The van der Waals surface area contributed by atoms with Gasteiger partial charge >= 0.3 is 0 Å². The Bertz CT molecular complexity index is 1320. The van der Waals surface area contributed by atoms with Crippen LogP contribution >= 0.6 is 0 Å². The predicted molar refractivity (Wildman–Crippen MR) is 137 cm³/mol. The monoisotopic (exact) mass is 493 g/mol. The molecule has 1 amide bonds. The molecular formula is C26H31N5O3S. The summed E-state index contributed by atoms with van der Waals surface area (Å²) in [7, 11) is -3.82. The highest BCUT2D eigenvalue weighted by Gasteiger charge is 2.25. The van der Waals surface area contributed by atoms with E-state index >= 15 is 0 Å². The molecule has 1 fully saturated rings. The van der Waals surface area contributed by atoms with Crippen molar-refractivity contribution < 1.29 is 13.2 Å². The van der Waals surface area contributed by atoms with Crippen LogP contribution in [0.3, 0.4) is 0 Å². The van der Waals surface area contributed by atoms with Gasteiger partial charge in [-0.1, -0.05) is 37.6 Å². The van der Waals surface area contributed by atoms with Crippen molar-refractivity contribution >= 4 is 27.4 Å². The van der Waals surface area contributed by atoms with Crippen LogP contribution in [0.15, 0.2) is 59.5 Å². The van der Waals surface area contributed by atoms with Gasteiger partial charge < -0.3 is 9.80 Å². The van der Waals surface area contributed by atoms with Gasteiger partial charge in [-0.3, -0.25) is 9.52 Å². The molecule has 35 heavy (non-hydrogen) atoms. The van der Waals surface area contributed by atoms with E-state index in [4.69, 9.17) is 4.98 Å². The fraction of sp³-hybridized carbons (Fsp3) is 0.346. The number of hydrogen-bond acceptors (Lipinski definition) is 6. The van der Waals surface area contributed by atoms with E-state index in [1.54, 1.807) is 29.2 Å². The maximum absolute atomic E-state index is 13.2. The van der Waals surface area contributed by atoms with Crippen molar-refractivity contribution in [3.8, 4) is 0 Å². The highest BCUT2D eigenvalue weighted by atomic mass is 32.2. The molecule has 1 aliphatic rings. The van der Waals surface area contributed by atoms with Crippen LogP contribution in [0.25, 0.3) is 0 Å². The lowest BCUT2D eigenvalue weighted by Gasteiger charge is -2.35. The number of hydrogen-bond donors (Lipinski definition) is 1. The van der Waals surface area contributed by atoms with Crippen LogP contribution in [-0.2, 0) is 10.0 Å². The van der Waals surface area contributed by atoms with Crippen molar-refractivity contribution in [2.75, 3.05) is 35.8 Å². The molecule has 0 radical (unpaired) electrons. The second-order valence-corrected chi connectivity index (χ2v) is 10.8. The molecular weight excluding hydrogens is 462 g/mol. The summed E-state index contributed by atoms with van der Waals surface area (Å²) in [5.41, 5.74) is 2.79. The Kier molecular flexibility index (Phi) is 7.07. The first-order valence-corrected chi connectivity index (χ1v) is 13.2. The van der Waals surface area contributed by atoms with Crippen LogP contribution in [-0.4, -0.2) is 55.4 Å². The summed E-state index contributed by atoms with van der Waals surface area (Å²) in [5.74, 6) is 1.75. The average Bonchev–Trinajstić information content (AvgIpc) is 2.84. The molecule has 3 aromatic rings. The highest BCUT2D eigenvalue weighted by molar-refractivity contribution is 7.92. The SMILES string of the molecule is Cc1ccc(NS(=O)(=O)c2cccc(C(=O)N3CCN(c4cc(C)nc(C(C)C)n4)CC3)c2)cc1. The summed E-state index contributed by atoms with van der Waals surface area (Å²) in [5, 5.41) is 0. The second kappa shape index (κ2) is 10.0. The number of amides is 1. The third kappa shape index (κ3) is 5.79. The molecule has 184 valence electrons. The number of nitrogens with one attached hydrogen (secondary N) is 1. The van der Waals surface area contributed by atoms with Crippen molar-refractivity contribution in [2.24, 2.45) is 0 Å². The number of aryl methyl sites for hydroxylation is 2. The smallest absolute Gasteiger partial charge is 0.261 e. The van der Waals surface area contributed by atoms with Crippen LogP contribution in [0.1, 0.15) is 47.2 Å². The van der Waals surface area contributed by atoms with Gasteiger partial charge in [0.05, 0.1) is 4.90 Å². The molecule has 4 rings (SSSR count). The van der Waals surface area contributed by atoms with Crippen molar-refractivity contribution in [3.63, 3.8) is 0 Å². The van der Waals surface area contributed by atoms with Crippen LogP contribution in [0.5, 0.6) is 0 Å². The predicted octanol–water partition coefficient (Wildman–Crippen LogP) is 3.98. The molecule has 2 aromatic carbocycles. The minimum atomic E-state index is -3.82. The quantitative estimate of drug-likeness (QED) is 0.558. The van der Waals surface area contributed by atoms with Gasteiger partial charge in [0.1, 0.15) is 11.6 Å². The van der Waals surface area contributed by atoms with E-state index in [-0.39, 0.29) is 16.7 Å². The Morgan fingerprint density at radius 3 is 2.29 bits per heavy atom. The normalized spacial score (nSPS) is 14.3. The van der Waals surface area contributed by atoms with Crippen LogP contribution in [0, 0.1) is 13.8 Å². The number of anilines is 2. The molecule has 8 nitrogen and oxygen atoms in total. The van der Waals surface area contributed by atoms with Gasteiger partial charge in [-0.25, -0.2) is 18.4 Å². The number of piperazine rings is 1. The zero-order chi connectivity index (χ0) is 25.2. The van der Waals surface area contributed by atoms with E-state index in [0.717, 1.165) is 22.9 Å². The van der Waals surface area contributed by atoms with Gasteiger partial charge in [0.25, 0.3) is 15.9 Å². The number of nitrogens with zero attached hydrogens (tertiary/aromatic N) is 4. The molecule has 0 aliphatic carbocycles.